The molecule has 0 unspecified atom stereocenters. The fourth-order valence-corrected chi connectivity index (χ4v) is 4.82. The van der Waals surface area contributed by atoms with Crippen molar-refractivity contribution in [3.63, 3.8) is 0 Å². The van der Waals surface area contributed by atoms with Crippen LogP contribution in [0.4, 0.5) is 4.39 Å². The van der Waals surface area contributed by atoms with E-state index < -0.39 is 6.04 Å². The standard InChI is InChI=1S/C31H35FN2O4/c1-37-28-14-8-11-24(19-28)21-34(30(35)22-38-27-17-15-25(32)16-18-27)29(20-23-9-4-2-5-10-23)31(36)33-26-12-6-3-7-13-26/h2,4-5,8-11,14-19,26,29H,3,6-7,12-13,20-22H2,1H3,(H,33,36)/t29-/m1/s1. The Hall–Kier alpha value is -3.87. The maximum Gasteiger partial charge on any atom is 0.261 e. The van der Waals surface area contributed by atoms with Crippen molar-refractivity contribution in [3.8, 4) is 11.5 Å². The summed E-state index contributed by atoms with van der Waals surface area (Å²) in [5.41, 5.74) is 1.79. The van der Waals surface area contributed by atoms with Crippen molar-refractivity contribution in [1.82, 2.24) is 10.2 Å². The summed E-state index contributed by atoms with van der Waals surface area (Å²) < 4.78 is 24.4. The molecule has 0 radical (unpaired) electrons. The van der Waals surface area contributed by atoms with Gasteiger partial charge in [0.2, 0.25) is 5.91 Å². The van der Waals surface area contributed by atoms with Gasteiger partial charge in [0.15, 0.2) is 6.61 Å². The largest absolute Gasteiger partial charge is 0.497 e. The van der Waals surface area contributed by atoms with E-state index in [-0.39, 0.29) is 36.8 Å². The first-order valence-corrected chi connectivity index (χ1v) is 13.2. The van der Waals surface area contributed by atoms with E-state index in [9.17, 15) is 14.0 Å². The van der Waals surface area contributed by atoms with E-state index in [1.807, 2.05) is 54.6 Å². The maximum atomic E-state index is 13.8. The van der Waals surface area contributed by atoms with Gasteiger partial charge in [-0.25, -0.2) is 4.39 Å². The summed E-state index contributed by atoms with van der Waals surface area (Å²) in [6.45, 7) is -0.0734. The molecule has 3 aromatic carbocycles. The zero-order valence-electron chi connectivity index (χ0n) is 21.8. The first kappa shape index (κ1) is 27.2. The minimum Gasteiger partial charge on any atom is -0.497 e. The number of nitrogens with zero attached hydrogens (tertiary/aromatic N) is 1. The summed E-state index contributed by atoms with van der Waals surface area (Å²) in [6.07, 6.45) is 5.62. The van der Waals surface area contributed by atoms with Crippen LogP contribution >= 0.6 is 0 Å². The highest BCUT2D eigenvalue weighted by molar-refractivity contribution is 5.88. The molecule has 0 heterocycles. The monoisotopic (exact) mass is 518 g/mol. The minimum atomic E-state index is -0.741. The minimum absolute atomic E-state index is 0.110. The lowest BCUT2D eigenvalue weighted by Gasteiger charge is -2.33. The molecule has 1 N–H and O–H groups in total. The number of rotatable bonds is 11. The van der Waals surface area contributed by atoms with Crippen LogP contribution < -0.4 is 14.8 Å². The molecule has 1 fully saturated rings. The number of nitrogens with one attached hydrogen (secondary N) is 1. The average Bonchev–Trinajstić information content (AvgIpc) is 2.95. The molecular formula is C31H35FN2O4. The van der Waals surface area contributed by atoms with Gasteiger partial charge in [-0.1, -0.05) is 61.7 Å². The Labute approximate surface area is 223 Å². The van der Waals surface area contributed by atoms with E-state index in [4.69, 9.17) is 9.47 Å². The molecule has 1 aliphatic rings. The number of hydrogen-bond acceptors (Lipinski definition) is 4. The fourth-order valence-electron chi connectivity index (χ4n) is 4.82. The molecule has 3 aromatic rings. The normalized spacial score (nSPS) is 14.4. The van der Waals surface area contributed by atoms with Crippen molar-refractivity contribution in [2.24, 2.45) is 0 Å². The van der Waals surface area contributed by atoms with Gasteiger partial charge in [0.1, 0.15) is 23.4 Å². The highest BCUT2D eigenvalue weighted by Gasteiger charge is 2.32. The molecule has 6 nitrogen and oxygen atoms in total. The first-order chi connectivity index (χ1) is 18.5. The molecule has 1 aliphatic carbocycles. The predicted molar refractivity (Wildman–Crippen MR) is 144 cm³/mol. The first-order valence-electron chi connectivity index (χ1n) is 13.2. The lowest BCUT2D eigenvalue weighted by Crippen LogP contribution is -2.53. The van der Waals surface area contributed by atoms with E-state index in [2.05, 4.69) is 5.32 Å². The summed E-state index contributed by atoms with van der Waals surface area (Å²) in [4.78, 5) is 29.0. The van der Waals surface area contributed by atoms with Gasteiger partial charge in [0.05, 0.1) is 7.11 Å². The summed E-state index contributed by atoms with van der Waals surface area (Å²) in [5, 5.41) is 3.22. The van der Waals surface area contributed by atoms with Gasteiger partial charge in [-0.15, -0.1) is 0 Å². The van der Waals surface area contributed by atoms with Gasteiger partial charge >= 0.3 is 0 Å². The Morgan fingerprint density at radius 2 is 1.63 bits per heavy atom. The maximum absolute atomic E-state index is 13.8. The van der Waals surface area contributed by atoms with Crippen molar-refractivity contribution in [1.29, 1.82) is 0 Å². The van der Waals surface area contributed by atoms with E-state index in [0.717, 1.165) is 36.8 Å². The third-order valence-corrected chi connectivity index (χ3v) is 6.89. The third-order valence-electron chi connectivity index (χ3n) is 6.89. The van der Waals surface area contributed by atoms with Gasteiger partial charge < -0.3 is 19.7 Å². The van der Waals surface area contributed by atoms with Crippen LogP contribution in [0.15, 0.2) is 78.9 Å². The molecule has 0 spiro atoms. The Bertz CT molecular complexity index is 1180. The number of methoxy groups -OCH3 is 1. The molecule has 1 atom stereocenters. The molecule has 200 valence electrons. The number of ether oxygens (including phenoxy) is 2. The van der Waals surface area contributed by atoms with Crippen molar-refractivity contribution in [2.45, 2.75) is 57.2 Å². The molecule has 1 saturated carbocycles. The SMILES string of the molecule is COc1cccc(CN(C(=O)COc2ccc(F)cc2)[C@H](Cc2ccccc2)C(=O)NC2CCCCC2)c1. The quantitative estimate of drug-likeness (QED) is 0.374. The summed E-state index contributed by atoms with van der Waals surface area (Å²) in [7, 11) is 1.59. The lowest BCUT2D eigenvalue weighted by atomic mass is 9.94. The molecule has 0 aliphatic heterocycles. The van der Waals surface area contributed by atoms with Gasteiger partial charge in [0, 0.05) is 19.0 Å². The molecule has 4 rings (SSSR count). The highest BCUT2D eigenvalue weighted by atomic mass is 19.1. The van der Waals surface area contributed by atoms with Gasteiger partial charge in [-0.05, 0) is 60.4 Å². The van der Waals surface area contributed by atoms with E-state index in [1.54, 1.807) is 12.0 Å². The predicted octanol–water partition coefficient (Wildman–Crippen LogP) is 5.30. The van der Waals surface area contributed by atoms with Gasteiger partial charge in [0.25, 0.3) is 5.91 Å². The topological polar surface area (TPSA) is 67.9 Å². The Kier molecular flexibility index (Phi) is 9.73. The number of amides is 2. The summed E-state index contributed by atoms with van der Waals surface area (Å²) in [6, 6.07) is 22.1. The van der Waals surface area contributed by atoms with Crippen molar-refractivity contribution >= 4 is 11.8 Å². The second-order valence-corrected chi connectivity index (χ2v) is 9.66. The Morgan fingerprint density at radius 1 is 0.921 bits per heavy atom. The Morgan fingerprint density at radius 3 is 2.34 bits per heavy atom. The number of hydrogen-bond donors (Lipinski definition) is 1. The van der Waals surface area contributed by atoms with Crippen molar-refractivity contribution in [3.05, 3.63) is 95.8 Å². The van der Waals surface area contributed by atoms with Gasteiger partial charge in [-0.2, -0.15) is 0 Å². The number of carbonyl (C=O) groups is 2. The zero-order valence-corrected chi connectivity index (χ0v) is 21.8. The lowest BCUT2D eigenvalue weighted by molar-refractivity contribution is -0.143. The number of carbonyl (C=O) groups excluding carboxylic acids is 2. The van der Waals surface area contributed by atoms with Crippen LogP contribution in [-0.4, -0.2) is 42.5 Å². The fraction of sp³-hybridized carbons (Fsp3) is 0.355. The second-order valence-electron chi connectivity index (χ2n) is 9.66. The average molecular weight is 519 g/mol. The molecule has 2 amide bonds. The van der Waals surface area contributed by atoms with E-state index in [0.29, 0.717) is 17.9 Å². The van der Waals surface area contributed by atoms with Crippen molar-refractivity contribution < 1.29 is 23.5 Å². The van der Waals surface area contributed by atoms with E-state index in [1.165, 1.54) is 30.7 Å². The molecular weight excluding hydrogens is 483 g/mol. The highest BCUT2D eigenvalue weighted by Crippen LogP contribution is 2.21. The zero-order chi connectivity index (χ0) is 26.7. The number of halogens is 1. The van der Waals surface area contributed by atoms with Gasteiger partial charge in [-0.3, -0.25) is 9.59 Å². The van der Waals surface area contributed by atoms with Crippen LogP contribution in [0.1, 0.15) is 43.2 Å². The third kappa shape index (κ3) is 7.81. The summed E-state index contributed by atoms with van der Waals surface area (Å²) in [5.74, 6) is 0.164. The molecule has 0 saturated heterocycles. The van der Waals surface area contributed by atoms with Crippen molar-refractivity contribution in [2.75, 3.05) is 13.7 Å². The van der Waals surface area contributed by atoms with E-state index >= 15 is 0 Å². The van der Waals surface area contributed by atoms with Crippen LogP contribution in [0, 0.1) is 5.82 Å². The molecule has 0 bridgehead atoms. The molecule has 0 aromatic heterocycles. The van der Waals surface area contributed by atoms with Crippen LogP contribution in [0.3, 0.4) is 0 Å². The van der Waals surface area contributed by atoms with Crippen LogP contribution in [0.25, 0.3) is 0 Å². The second kappa shape index (κ2) is 13.6. The smallest absolute Gasteiger partial charge is 0.261 e. The Balaban J connectivity index is 1.61. The molecule has 38 heavy (non-hydrogen) atoms. The van der Waals surface area contributed by atoms with Crippen LogP contribution in [-0.2, 0) is 22.6 Å². The molecule has 7 heteroatoms. The van der Waals surface area contributed by atoms with Crippen LogP contribution in [0.2, 0.25) is 0 Å². The summed E-state index contributed by atoms with van der Waals surface area (Å²) >= 11 is 0. The van der Waals surface area contributed by atoms with Crippen LogP contribution in [0.5, 0.6) is 11.5 Å². The number of benzene rings is 3.